The predicted octanol–water partition coefficient (Wildman–Crippen LogP) is 3.46. The van der Waals surface area contributed by atoms with Gasteiger partial charge < -0.3 is 9.84 Å². The minimum Gasteiger partial charge on any atom is -0.507 e. The number of aryl methyl sites for hydroxylation is 1. The molecule has 0 spiro atoms. The third-order valence-corrected chi connectivity index (χ3v) is 3.13. The van der Waals surface area contributed by atoms with Gasteiger partial charge in [0, 0.05) is 11.1 Å². The van der Waals surface area contributed by atoms with Gasteiger partial charge in [0.2, 0.25) is 0 Å². The number of phenols is 1. The van der Waals surface area contributed by atoms with E-state index in [0.717, 1.165) is 22.6 Å². The van der Waals surface area contributed by atoms with E-state index >= 15 is 0 Å². The molecule has 4 nitrogen and oxygen atoms in total. The Hall–Kier alpha value is -2.49. The summed E-state index contributed by atoms with van der Waals surface area (Å²) in [5, 5.41) is 14.3. The van der Waals surface area contributed by atoms with Crippen molar-refractivity contribution in [3.63, 3.8) is 0 Å². The molecule has 0 aliphatic carbocycles. The summed E-state index contributed by atoms with van der Waals surface area (Å²) in [4.78, 5) is 0. The second kappa shape index (κ2) is 6.10. The van der Waals surface area contributed by atoms with Crippen LogP contribution in [0.3, 0.4) is 0 Å². The zero-order valence-electron chi connectivity index (χ0n) is 11.8. The molecule has 0 amide bonds. The average Bonchev–Trinajstić information content (AvgIpc) is 2.47. The van der Waals surface area contributed by atoms with Crippen LogP contribution >= 0.6 is 0 Å². The van der Waals surface area contributed by atoms with Crippen LogP contribution in [0.2, 0.25) is 0 Å². The van der Waals surface area contributed by atoms with E-state index in [9.17, 15) is 5.11 Å². The fraction of sp³-hybridized carbons (Fsp3) is 0.188. The number of hydrogen-bond acceptors (Lipinski definition) is 4. The van der Waals surface area contributed by atoms with Crippen molar-refractivity contribution in [2.24, 2.45) is 5.10 Å². The first kappa shape index (κ1) is 13.9. The number of para-hydroxylation sites is 1. The lowest BCUT2D eigenvalue weighted by Crippen LogP contribution is -1.98. The lowest BCUT2D eigenvalue weighted by Gasteiger charge is -2.11. The van der Waals surface area contributed by atoms with Gasteiger partial charge >= 0.3 is 0 Å². The molecule has 4 heteroatoms. The summed E-state index contributed by atoms with van der Waals surface area (Å²) >= 11 is 0. The van der Waals surface area contributed by atoms with Crippen molar-refractivity contribution >= 4 is 11.9 Å². The van der Waals surface area contributed by atoms with E-state index in [0.29, 0.717) is 5.56 Å². The zero-order chi connectivity index (χ0) is 14.5. The number of phenolic OH excluding ortho intramolecular Hbond substituents is 1. The number of ether oxygens (including phenoxy) is 1. The molecule has 0 atom stereocenters. The van der Waals surface area contributed by atoms with Gasteiger partial charge in [-0.25, -0.2) is 0 Å². The average molecular weight is 270 g/mol. The molecule has 0 fully saturated rings. The number of anilines is 1. The minimum absolute atomic E-state index is 0.224. The minimum atomic E-state index is 0.224. The van der Waals surface area contributed by atoms with Crippen LogP contribution in [0.25, 0.3) is 0 Å². The highest BCUT2D eigenvalue weighted by molar-refractivity contribution is 5.87. The molecule has 0 saturated heterocycles. The van der Waals surface area contributed by atoms with Crippen molar-refractivity contribution < 1.29 is 9.84 Å². The van der Waals surface area contributed by atoms with E-state index in [-0.39, 0.29) is 5.75 Å². The molecule has 2 aromatic rings. The molecule has 0 aliphatic heterocycles. The Morgan fingerprint density at radius 1 is 1.20 bits per heavy atom. The van der Waals surface area contributed by atoms with Gasteiger partial charge in [0.1, 0.15) is 11.5 Å². The number of hydrazone groups is 1. The van der Waals surface area contributed by atoms with Crippen LogP contribution in [-0.2, 0) is 0 Å². The normalized spacial score (nSPS) is 10.8. The molecule has 20 heavy (non-hydrogen) atoms. The predicted molar refractivity (Wildman–Crippen MR) is 81.8 cm³/mol. The van der Waals surface area contributed by atoms with E-state index in [2.05, 4.69) is 10.5 Å². The smallest absolute Gasteiger partial charge is 0.127 e. The number of nitrogens with zero attached hydrogens (tertiary/aromatic N) is 1. The number of hydrogen-bond donors (Lipinski definition) is 2. The van der Waals surface area contributed by atoms with Gasteiger partial charge in [-0.3, -0.25) is 5.43 Å². The molecular formula is C16H18N2O2. The Morgan fingerprint density at radius 3 is 2.55 bits per heavy atom. The maximum atomic E-state index is 10.1. The van der Waals surface area contributed by atoms with Crippen LogP contribution in [-0.4, -0.2) is 18.4 Å². The van der Waals surface area contributed by atoms with Crippen LogP contribution < -0.4 is 10.2 Å². The van der Waals surface area contributed by atoms with Gasteiger partial charge in [0.15, 0.2) is 0 Å². The van der Waals surface area contributed by atoms with Crippen molar-refractivity contribution in [1.82, 2.24) is 0 Å². The van der Waals surface area contributed by atoms with Gasteiger partial charge in [-0.05, 0) is 37.6 Å². The molecule has 104 valence electrons. The molecular weight excluding hydrogens is 252 g/mol. The summed E-state index contributed by atoms with van der Waals surface area (Å²) in [5.74, 6) is 0.961. The monoisotopic (exact) mass is 270 g/mol. The molecule has 0 heterocycles. The summed E-state index contributed by atoms with van der Waals surface area (Å²) in [6.45, 7) is 3.72. The lowest BCUT2D eigenvalue weighted by molar-refractivity contribution is 0.408. The Kier molecular flexibility index (Phi) is 4.25. The summed E-state index contributed by atoms with van der Waals surface area (Å²) in [6, 6.07) is 11.4. The van der Waals surface area contributed by atoms with Crippen LogP contribution in [0.15, 0.2) is 41.5 Å². The number of nitrogens with one attached hydrogen (secondary N) is 1. The molecule has 0 aliphatic rings. The van der Waals surface area contributed by atoms with Crippen LogP contribution in [0.4, 0.5) is 5.69 Å². The Labute approximate surface area is 118 Å². The third-order valence-electron chi connectivity index (χ3n) is 3.13. The SMILES string of the molecule is COc1cc(C)c(O)c(C=NNc2ccccc2)c1C. The van der Waals surface area contributed by atoms with Gasteiger partial charge in [0.25, 0.3) is 0 Å². The van der Waals surface area contributed by atoms with Crippen molar-refractivity contribution in [3.8, 4) is 11.5 Å². The quantitative estimate of drug-likeness (QED) is 0.660. The van der Waals surface area contributed by atoms with E-state index < -0.39 is 0 Å². The largest absolute Gasteiger partial charge is 0.507 e. The Bertz CT molecular complexity index is 622. The molecule has 0 bridgehead atoms. The van der Waals surface area contributed by atoms with E-state index in [1.807, 2.05) is 50.2 Å². The van der Waals surface area contributed by atoms with Crippen molar-refractivity contribution in [3.05, 3.63) is 53.1 Å². The summed E-state index contributed by atoms with van der Waals surface area (Å²) in [5.41, 5.74) is 6.08. The topological polar surface area (TPSA) is 53.9 Å². The first-order valence-electron chi connectivity index (χ1n) is 6.34. The zero-order valence-corrected chi connectivity index (χ0v) is 11.8. The summed E-state index contributed by atoms with van der Waals surface area (Å²) in [7, 11) is 1.61. The van der Waals surface area contributed by atoms with E-state index in [1.54, 1.807) is 13.3 Å². The fourth-order valence-corrected chi connectivity index (χ4v) is 1.95. The second-order valence-corrected chi connectivity index (χ2v) is 4.52. The van der Waals surface area contributed by atoms with Gasteiger partial charge in [-0.15, -0.1) is 0 Å². The number of aromatic hydroxyl groups is 1. The van der Waals surface area contributed by atoms with Gasteiger partial charge in [0.05, 0.1) is 19.0 Å². The number of methoxy groups -OCH3 is 1. The van der Waals surface area contributed by atoms with Crippen molar-refractivity contribution in [1.29, 1.82) is 0 Å². The van der Waals surface area contributed by atoms with Crippen molar-refractivity contribution in [2.75, 3.05) is 12.5 Å². The van der Waals surface area contributed by atoms with Crippen LogP contribution in [0, 0.1) is 13.8 Å². The highest BCUT2D eigenvalue weighted by Crippen LogP contribution is 2.31. The molecule has 2 rings (SSSR count). The summed E-state index contributed by atoms with van der Waals surface area (Å²) in [6.07, 6.45) is 1.60. The maximum Gasteiger partial charge on any atom is 0.127 e. The molecule has 0 unspecified atom stereocenters. The molecule has 0 radical (unpaired) electrons. The molecule has 0 saturated carbocycles. The highest BCUT2D eigenvalue weighted by Gasteiger charge is 2.11. The van der Waals surface area contributed by atoms with Crippen molar-refractivity contribution in [2.45, 2.75) is 13.8 Å². The number of benzene rings is 2. The second-order valence-electron chi connectivity index (χ2n) is 4.52. The third kappa shape index (κ3) is 2.91. The Balaban J connectivity index is 2.27. The number of rotatable bonds is 4. The molecule has 2 aromatic carbocycles. The highest BCUT2D eigenvalue weighted by atomic mass is 16.5. The standard InChI is InChI=1S/C16H18N2O2/c1-11-9-15(20-3)12(2)14(16(11)19)10-17-18-13-7-5-4-6-8-13/h4-10,18-19H,1-3H3. The van der Waals surface area contributed by atoms with Gasteiger partial charge in [-0.2, -0.15) is 5.10 Å². The van der Waals surface area contributed by atoms with Gasteiger partial charge in [-0.1, -0.05) is 18.2 Å². The van der Waals surface area contributed by atoms with Crippen LogP contribution in [0.1, 0.15) is 16.7 Å². The van der Waals surface area contributed by atoms with E-state index in [1.165, 1.54) is 0 Å². The van der Waals surface area contributed by atoms with E-state index in [4.69, 9.17) is 4.74 Å². The van der Waals surface area contributed by atoms with Crippen LogP contribution in [0.5, 0.6) is 11.5 Å². The lowest BCUT2D eigenvalue weighted by atomic mass is 10.0. The first-order chi connectivity index (χ1) is 9.63. The maximum absolute atomic E-state index is 10.1. The Morgan fingerprint density at radius 2 is 1.90 bits per heavy atom. The fourth-order valence-electron chi connectivity index (χ4n) is 1.95. The molecule has 0 aromatic heterocycles. The first-order valence-corrected chi connectivity index (χ1v) is 6.34. The summed E-state index contributed by atoms with van der Waals surface area (Å²) < 4.78 is 5.29. The molecule has 2 N–H and O–H groups in total.